The number of rotatable bonds is 7. The third-order valence-corrected chi connectivity index (χ3v) is 5.31. The fourth-order valence-corrected chi connectivity index (χ4v) is 5.20. The van der Waals surface area contributed by atoms with E-state index in [9.17, 15) is 0 Å². The fraction of sp³-hybridized carbons (Fsp3) is 0.538. The lowest BCUT2D eigenvalue weighted by Crippen LogP contribution is -2.35. The largest absolute Gasteiger partial charge is 0.399 e. The zero-order chi connectivity index (χ0) is 12.7. The van der Waals surface area contributed by atoms with Crippen molar-refractivity contribution < 1.29 is 0 Å². The molecule has 0 atom stereocenters. The van der Waals surface area contributed by atoms with Gasteiger partial charge in [-0.05, 0) is 36.5 Å². The van der Waals surface area contributed by atoms with Gasteiger partial charge in [-0.1, -0.05) is 12.1 Å². The Morgan fingerprint density at radius 1 is 0.882 bits per heavy atom. The molecule has 0 aromatic heterocycles. The van der Waals surface area contributed by atoms with E-state index in [-0.39, 0.29) is 5.41 Å². The molecule has 0 heterocycles. The van der Waals surface area contributed by atoms with Crippen LogP contribution in [-0.2, 0) is 5.41 Å². The van der Waals surface area contributed by atoms with Crippen LogP contribution >= 0.6 is 35.3 Å². The lowest BCUT2D eigenvalue weighted by molar-refractivity contribution is 0.628. The molecular weight excluding hydrogens is 266 g/mol. The van der Waals surface area contributed by atoms with Gasteiger partial charge in [0.2, 0.25) is 0 Å². The second-order valence-corrected chi connectivity index (χ2v) is 6.80. The minimum absolute atomic E-state index is 0.270. The average Bonchev–Trinajstić information content (AvgIpc) is 2.30. The molecule has 2 N–H and O–H groups in total. The van der Waals surface area contributed by atoms with Gasteiger partial charge in [0.15, 0.2) is 0 Å². The molecule has 0 spiro atoms. The quantitative estimate of drug-likeness (QED) is 0.775. The van der Waals surface area contributed by atoms with Crippen LogP contribution in [0, 0.1) is 0 Å². The third-order valence-electron chi connectivity index (χ3n) is 2.78. The van der Waals surface area contributed by atoms with Crippen molar-refractivity contribution in [1.29, 1.82) is 0 Å². The molecule has 0 bridgehead atoms. The number of thioether (sulfide) groups is 3. The topological polar surface area (TPSA) is 26.0 Å². The molecule has 1 aromatic carbocycles. The fourth-order valence-electron chi connectivity index (χ4n) is 2.04. The average molecular weight is 288 g/mol. The molecule has 0 saturated heterocycles. The van der Waals surface area contributed by atoms with Crippen LogP contribution in [0.4, 0.5) is 5.69 Å². The zero-order valence-electron chi connectivity index (χ0n) is 10.7. The molecule has 4 heteroatoms. The van der Waals surface area contributed by atoms with E-state index < -0.39 is 0 Å². The van der Waals surface area contributed by atoms with E-state index in [0.717, 1.165) is 5.69 Å². The van der Waals surface area contributed by atoms with E-state index in [0.29, 0.717) is 0 Å². The Morgan fingerprint density at radius 3 is 1.65 bits per heavy atom. The van der Waals surface area contributed by atoms with Gasteiger partial charge in [-0.3, -0.25) is 0 Å². The molecule has 96 valence electrons. The van der Waals surface area contributed by atoms with Gasteiger partial charge >= 0.3 is 0 Å². The number of anilines is 1. The first-order valence-corrected chi connectivity index (χ1v) is 9.69. The van der Waals surface area contributed by atoms with Gasteiger partial charge in [0.1, 0.15) is 0 Å². The molecule has 0 radical (unpaired) electrons. The van der Waals surface area contributed by atoms with Gasteiger partial charge in [-0.25, -0.2) is 0 Å². The Labute approximate surface area is 118 Å². The minimum atomic E-state index is 0.270. The predicted octanol–water partition coefficient (Wildman–Crippen LogP) is 3.60. The molecule has 0 unspecified atom stereocenters. The number of hydrogen-bond acceptors (Lipinski definition) is 4. The van der Waals surface area contributed by atoms with Gasteiger partial charge < -0.3 is 5.73 Å². The Morgan fingerprint density at radius 2 is 1.29 bits per heavy atom. The summed E-state index contributed by atoms with van der Waals surface area (Å²) in [5.41, 5.74) is 8.31. The van der Waals surface area contributed by atoms with Crippen LogP contribution in [0.15, 0.2) is 24.3 Å². The number of hydrogen-bond donors (Lipinski definition) is 1. The summed E-state index contributed by atoms with van der Waals surface area (Å²) in [5.74, 6) is 3.50. The van der Waals surface area contributed by atoms with Gasteiger partial charge in [-0.2, -0.15) is 35.3 Å². The van der Waals surface area contributed by atoms with Crippen molar-refractivity contribution in [3.8, 4) is 0 Å². The van der Waals surface area contributed by atoms with Crippen LogP contribution < -0.4 is 5.73 Å². The number of nitrogen functional groups attached to an aromatic ring is 1. The Hall–Kier alpha value is 0.0700. The smallest absolute Gasteiger partial charge is 0.0314 e. The molecule has 0 fully saturated rings. The molecule has 0 aliphatic carbocycles. The maximum Gasteiger partial charge on any atom is 0.0314 e. The summed E-state index contributed by atoms with van der Waals surface area (Å²) < 4.78 is 0. The Bertz CT molecular complexity index is 307. The van der Waals surface area contributed by atoms with Crippen molar-refractivity contribution in [2.75, 3.05) is 41.8 Å². The number of nitrogens with two attached hydrogens (primary N) is 1. The minimum Gasteiger partial charge on any atom is -0.399 e. The van der Waals surface area contributed by atoms with Crippen molar-refractivity contribution in [2.45, 2.75) is 5.41 Å². The van der Waals surface area contributed by atoms with Gasteiger partial charge in [0.25, 0.3) is 0 Å². The summed E-state index contributed by atoms with van der Waals surface area (Å²) in [6.45, 7) is 0. The van der Waals surface area contributed by atoms with E-state index in [2.05, 4.69) is 30.9 Å². The highest BCUT2D eigenvalue weighted by molar-refractivity contribution is 8.00. The monoisotopic (exact) mass is 287 g/mol. The second-order valence-electron chi connectivity index (χ2n) is 4.20. The lowest BCUT2D eigenvalue weighted by atomic mass is 9.86. The van der Waals surface area contributed by atoms with Crippen molar-refractivity contribution in [2.24, 2.45) is 0 Å². The summed E-state index contributed by atoms with van der Waals surface area (Å²) in [6.07, 6.45) is 6.56. The van der Waals surface area contributed by atoms with E-state index in [1.54, 1.807) is 0 Å². The highest BCUT2D eigenvalue weighted by atomic mass is 32.2. The van der Waals surface area contributed by atoms with Crippen LogP contribution in [0.2, 0.25) is 0 Å². The standard InChI is InChI=1S/C13H21NS3/c1-15-8-13(9-16-2,10-17-3)11-4-6-12(14)7-5-11/h4-7H,8-10,14H2,1-3H3. The molecule has 0 saturated carbocycles. The van der Waals surface area contributed by atoms with Crippen molar-refractivity contribution in [3.63, 3.8) is 0 Å². The molecule has 1 nitrogen and oxygen atoms in total. The molecule has 0 aliphatic heterocycles. The molecule has 0 aliphatic rings. The molecule has 0 amide bonds. The maximum atomic E-state index is 5.78. The predicted molar refractivity (Wildman–Crippen MR) is 87.7 cm³/mol. The normalized spacial score (nSPS) is 11.7. The summed E-state index contributed by atoms with van der Waals surface area (Å²) >= 11 is 5.79. The van der Waals surface area contributed by atoms with E-state index in [1.807, 2.05) is 47.4 Å². The second kappa shape index (κ2) is 7.49. The molecule has 1 aromatic rings. The van der Waals surface area contributed by atoms with Crippen molar-refractivity contribution in [1.82, 2.24) is 0 Å². The lowest BCUT2D eigenvalue weighted by Gasteiger charge is -2.33. The van der Waals surface area contributed by atoms with Crippen LogP contribution in [0.3, 0.4) is 0 Å². The molecular formula is C13H21NS3. The summed E-state index contributed by atoms with van der Waals surface area (Å²) in [6, 6.07) is 8.42. The first-order chi connectivity index (χ1) is 8.18. The van der Waals surface area contributed by atoms with E-state index >= 15 is 0 Å². The van der Waals surface area contributed by atoms with Gasteiger partial charge in [0.05, 0.1) is 0 Å². The van der Waals surface area contributed by atoms with Crippen LogP contribution in [0.1, 0.15) is 5.56 Å². The van der Waals surface area contributed by atoms with Crippen LogP contribution in [0.25, 0.3) is 0 Å². The first kappa shape index (κ1) is 15.1. The van der Waals surface area contributed by atoms with E-state index in [1.165, 1.54) is 22.8 Å². The maximum absolute atomic E-state index is 5.78. The summed E-state index contributed by atoms with van der Waals surface area (Å²) in [5, 5.41) is 0. The summed E-state index contributed by atoms with van der Waals surface area (Å²) in [4.78, 5) is 0. The summed E-state index contributed by atoms with van der Waals surface area (Å²) in [7, 11) is 0. The highest BCUT2D eigenvalue weighted by Crippen LogP contribution is 2.34. The highest BCUT2D eigenvalue weighted by Gasteiger charge is 2.30. The van der Waals surface area contributed by atoms with Crippen LogP contribution in [0.5, 0.6) is 0 Å². The molecule has 1 rings (SSSR count). The third kappa shape index (κ3) is 4.04. The van der Waals surface area contributed by atoms with Gasteiger partial charge in [-0.15, -0.1) is 0 Å². The van der Waals surface area contributed by atoms with Gasteiger partial charge in [0, 0.05) is 28.4 Å². The SMILES string of the molecule is CSCC(CSC)(CSC)c1ccc(N)cc1. The first-order valence-electron chi connectivity index (χ1n) is 5.51. The van der Waals surface area contributed by atoms with Crippen LogP contribution in [-0.4, -0.2) is 36.0 Å². The zero-order valence-corrected chi connectivity index (χ0v) is 13.2. The number of benzene rings is 1. The Balaban J connectivity index is 3.04. The van der Waals surface area contributed by atoms with E-state index in [4.69, 9.17) is 5.73 Å². The van der Waals surface area contributed by atoms with Crippen molar-refractivity contribution in [3.05, 3.63) is 29.8 Å². The molecule has 17 heavy (non-hydrogen) atoms. The Kier molecular flexibility index (Phi) is 6.67. The van der Waals surface area contributed by atoms with Crippen molar-refractivity contribution >= 4 is 41.0 Å².